The monoisotopic (exact) mass is 266 g/mol. The van der Waals surface area contributed by atoms with Crippen molar-refractivity contribution in [3.8, 4) is 0 Å². The predicted octanol–water partition coefficient (Wildman–Crippen LogP) is 3.79. The second kappa shape index (κ2) is 9.09. The summed E-state index contributed by atoms with van der Waals surface area (Å²) in [6.45, 7) is 8.18. The maximum Gasteiger partial charge on any atom is 0.359 e. The summed E-state index contributed by atoms with van der Waals surface area (Å²) in [5, 5.41) is 10.2. The highest BCUT2D eigenvalue weighted by molar-refractivity contribution is 7.54. The van der Waals surface area contributed by atoms with Crippen LogP contribution in [0.25, 0.3) is 0 Å². The Hall–Kier alpha value is 0.110. The maximum absolute atomic E-state index is 12.4. The molecular weight excluding hydrogens is 239 g/mol. The van der Waals surface area contributed by atoms with Gasteiger partial charge in [-0.25, -0.2) is 0 Å². The molecule has 0 heterocycles. The van der Waals surface area contributed by atoms with E-state index in [0.717, 1.165) is 25.7 Å². The summed E-state index contributed by atoms with van der Waals surface area (Å²) in [7, 11) is -3.37. The van der Waals surface area contributed by atoms with Gasteiger partial charge >= 0.3 is 7.60 Å². The number of rotatable bonds is 10. The van der Waals surface area contributed by atoms with E-state index in [9.17, 15) is 9.67 Å². The van der Waals surface area contributed by atoms with Crippen LogP contribution in [-0.4, -0.2) is 24.2 Å². The van der Waals surface area contributed by atoms with Gasteiger partial charge in [0.15, 0.2) is 5.85 Å². The maximum atomic E-state index is 12.4. The van der Waals surface area contributed by atoms with E-state index in [-0.39, 0.29) is 5.92 Å². The van der Waals surface area contributed by atoms with E-state index in [1.165, 1.54) is 0 Å². The largest absolute Gasteiger partial charge is 0.380 e. The average molecular weight is 266 g/mol. The molecule has 5 heteroatoms. The molecule has 104 valence electrons. The van der Waals surface area contributed by atoms with Gasteiger partial charge in [-0.1, -0.05) is 33.1 Å². The van der Waals surface area contributed by atoms with Crippen molar-refractivity contribution in [1.29, 1.82) is 0 Å². The van der Waals surface area contributed by atoms with Gasteiger partial charge in [0.1, 0.15) is 0 Å². The van der Waals surface area contributed by atoms with Crippen LogP contribution in [0.1, 0.15) is 53.4 Å². The molecule has 0 aliphatic rings. The van der Waals surface area contributed by atoms with Gasteiger partial charge in [0.05, 0.1) is 13.2 Å². The molecule has 0 amide bonds. The summed E-state index contributed by atoms with van der Waals surface area (Å²) in [6, 6.07) is 0. The van der Waals surface area contributed by atoms with Crippen LogP contribution in [0.4, 0.5) is 0 Å². The van der Waals surface area contributed by atoms with Crippen molar-refractivity contribution in [1.82, 2.24) is 0 Å². The van der Waals surface area contributed by atoms with Crippen LogP contribution in [0.5, 0.6) is 0 Å². The fraction of sp³-hybridized carbons (Fsp3) is 1.00. The number of aliphatic hydroxyl groups excluding tert-OH is 1. The van der Waals surface area contributed by atoms with Crippen LogP contribution in [-0.2, 0) is 13.6 Å². The van der Waals surface area contributed by atoms with Crippen molar-refractivity contribution in [2.24, 2.45) is 5.92 Å². The molecule has 2 atom stereocenters. The first kappa shape index (κ1) is 17.1. The quantitative estimate of drug-likeness (QED) is 0.611. The van der Waals surface area contributed by atoms with Crippen LogP contribution in [0.15, 0.2) is 0 Å². The van der Waals surface area contributed by atoms with E-state index >= 15 is 0 Å². The standard InChI is InChI=1S/C12H27O4P/c1-5-9-10-11(6-2)12(13)17(14,15-7-3)16-8-4/h11-13H,5-10H2,1-4H3/t11-,12+/m0/s1. The molecule has 4 nitrogen and oxygen atoms in total. The van der Waals surface area contributed by atoms with Gasteiger partial charge in [-0.3, -0.25) is 4.57 Å². The first-order chi connectivity index (χ1) is 8.05. The van der Waals surface area contributed by atoms with Gasteiger partial charge in [-0.15, -0.1) is 0 Å². The van der Waals surface area contributed by atoms with Gasteiger partial charge in [0.2, 0.25) is 0 Å². The first-order valence-electron chi connectivity index (χ1n) is 6.62. The van der Waals surface area contributed by atoms with Crippen LogP contribution in [0, 0.1) is 5.92 Å². The summed E-state index contributed by atoms with van der Waals surface area (Å²) in [5.41, 5.74) is 0. The zero-order valence-corrected chi connectivity index (χ0v) is 12.4. The minimum Gasteiger partial charge on any atom is -0.380 e. The Balaban J connectivity index is 4.65. The average Bonchev–Trinajstić information content (AvgIpc) is 2.30. The minimum atomic E-state index is -3.37. The van der Waals surface area contributed by atoms with Gasteiger partial charge in [0.25, 0.3) is 0 Å². The van der Waals surface area contributed by atoms with E-state index in [2.05, 4.69) is 6.92 Å². The lowest BCUT2D eigenvalue weighted by molar-refractivity contribution is 0.106. The summed E-state index contributed by atoms with van der Waals surface area (Å²) in [6.07, 6.45) is 3.73. The Labute approximate surface area is 105 Å². The molecule has 0 fully saturated rings. The third-order valence-electron chi connectivity index (χ3n) is 2.82. The fourth-order valence-corrected chi connectivity index (χ4v) is 3.81. The molecular formula is C12H27O4P. The first-order valence-corrected chi connectivity index (χ1v) is 8.23. The summed E-state index contributed by atoms with van der Waals surface area (Å²) in [4.78, 5) is 0. The van der Waals surface area contributed by atoms with Crippen LogP contribution >= 0.6 is 7.60 Å². The highest BCUT2D eigenvalue weighted by Crippen LogP contribution is 2.55. The van der Waals surface area contributed by atoms with Gasteiger partial charge in [-0.2, -0.15) is 0 Å². The van der Waals surface area contributed by atoms with E-state index in [1.54, 1.807) is 13.8 Å². The van der Waals surface area contributed by atoms with E-state index in [0.29, 0.717) is 13.2 Å². The van der Waals surface area contributed by atoms with Crippen molar-refractivity contribution in [2.45, 2.75) is 59.2 Å². The summed E-state index contributed by atoms with van der Waals surface area (Å²) >= 11 is 0. The molecule has 0 aliphatic carbocycles. The SMILES string of the molecule is CCCC[C@H](CC)[C@H](O)P(=O)(OCC)OCC. The number of aliphatic hydroxyl groups is 1. The smallest absolute Gasteiger partial charge is 0.359 e. The molecule has 0 radical (unpaired) electrons. The van der Waals surface area contributed by atoms with Crippen molar-refractivity contribution in [2.75, 3.05) is 13.2 Å². The molecule has 0 unspecified atom stereocenters. The Morgan fingerprint density at radius 2 is 1.65 bits per heavy atom. The molecule has 0 aromatic carbocycles. The molecule has 0 spiro atoms. The molecule has 1 N–H and O–H groups in total. The molecule has 0 bridgehead atoms. The molecule has 0 aliphatic heterocycles. The zero-order chi connectivity index (χ0) is 13.3. The van der Waals surface area contributed by atoms with Crippen molar-refractivity contribution >= 4 is 7.60 Å². The van der Waals surface area contributed by atoms with Crippen molar-refractivity contribution < 1.29 is 18.7 Å². The lowest BCUT2D eigenvalue weighted by Crippen LogP contribution is -2.22. The van der Waals surface area contributed by atoms with Crippen LogP contribution in [0.2, 0.25) is 0 Å². The van der Waals surface area contributed by atoms with E-state index < -0.39 is 13.4 Å². The number of hydrogen-bond acceptors (Lipinski definition) is 4. The Bertz CT molecular complexity index is 223. The Morgan fingerprint density at radius 1 is 1.12 bits per heavy atom. The third-order valence-corrected chi connectivity index (χ3v) is 5.12. The van der Waals surface area contributed by atoms with Crippen LogP contribution in [0.3, 0.4) is 0 Å². The zero-order valence-electron chi connectivity index (χ0n) is 11.5. The molecule has 17 heavy (non-hydrogen) atoms. The lowest BCUT2D eigenvalue weighted by Gasteiger charge is -2.28. The highest BCUT2D eigenvalue weighted by atomic mass is 31.2. The topological polar surface area (TPSA) is 55.8 Å². The molecule has 0 saturated carbocycles. The van der Waals surface area contributed by atoms with E-state index in [1.807, 2.05) is 6.92 Å². The van der Waals surface area contributed by atoms with Gasteiger partial charge in [-0.05, 0) is 26.2 Å². The second-order valence-corrected chi connectivity index (χ2v) is 6.22. The summed E-state index contributed by atoms with van der Waals surface area (Å²) < 4.78 is 22.7. The van der Waals surface area contributed by atoms with Crippen LogP contribution < -0.4 is 0 Å². The Morgan fingerprint density at radius 3 is 2.00 bits per heavy atom. The van der Waals surface area contributed by atoms with E-state index in [4.69, 9.17) is 9.05 Å². The Kier molecular flexibility index (Phi) is 9.15. The van der Waals surface area contributed by atoms with Crippen molar-refractivity contribution in [3.05, 3.63) is 0 Å². The fourth-order valence-electron chi connectivity index (χ4n) is 1.84. The molecule has 0 aromatic heterocycles. The van der Waals surface area contributed by atoms with Gasteiger partial charge < -0.3 is 14.2 Å². The normalized spacial score (nSPS) is 15.8. The number of unbranched alkanes of at least 4 members (excludes halogenated alkanes) is 1. The molecule has 0 rings (SSSR count). The summed E-state index contributed by atoms with van der Waals surface area (Å²) in [5.74, 6) is -1.02. The second-order valence-electron chi connectivity index (χ2n) is 4.10. The predicted molar refractivity (Wildman–Crippen MR) is 70.2 cm³/mol. The number of hydrogen-bond donors (Lipinski definition) is 1. The minimum absolute atomic E-state index is 0.0149. The third kappa shape index (κ3) is 5.52. The molecule has 0 saturated heterocycles. The highest BCUT2D eigenvalue weighted by Gasteiger charge is 2.38. The van der Waals surface area contributed by atoms with Crippen molar-refractivity contribution in [3.63, 3.8) is 0 Å². The van der Waals surface area contributed by atoms with Gasteiger partial charge in [0, 0.05) is 0 Å². The molecule has 0 aromatic rings. The lowest BCUT2D eigenvalue weighted by atomic mass is 10.0.